The monoisotopic (exact) mass is 287 g/mol. The standard InChI is InChI=1S/C16H21N3S/c1-11(2)15-12(3)18-14(19-16(15)17-4)10-20-13-8-6-5-7-9-13/h5-9,11H,10H2,1-4H3,(H,17,18,19). The van der Waals surface area contributed by atoms with E-state index in [-0.39, 0.29) is 0 Å². The highest BCUT2D eigenvalue weighted by molar-refractivity contribution is 7.98. The van der Waals surface area contributed by atoms with Gasteiger partial charge in [-0.2, -0.15) is 0 Å². The van der Waals surface area contributed by atoms with E-state index in [4.69, 9.17) is 0 Å². The summed E-state index contributed by atoms with van der Waals surface area (Å²) in [7, 11) is 1.92. The van der Waals surface area contributed by atoms with Crippen molar-refractivity contribution >= 4 is 17.6 Å². The van der Waals surface area contributed by atoms with E-state index in [0.29, 0.717) is 5.92 Å². The number of anilines is 1. The molecule has 0 atom stereocenters. The number of aryl methyl sites for hydroxylation is 1. The van der Waals surface area contributed by atoms with E-state index < -0.39 is 0 Å². The number of rotatable bonds is 5. The highest BCUT2D eigenvalue weighted by Gasteiger charge is 2.13. The SMILES string of the molecule is CNc1nc(CSc2ccccc2)nc(C)c1C(C)C. The first-order valence-electron chi connectivity index (χ1n) is 6.84. The van der Waals surface area contributed by atoms with Gasteiger partial charge >= 0.3 is 0 Å². The summed E-state index contributed by atoms with van der Waals surface area (Å²) in [6.07, 6.45) is 0. The molecule has 0 aliphatic heterocycles. The summed E-state index contributed by atoms with van der Waals surface area (Å²) >= 11 is 1.76. The summed E-state index contributed by atoms with van der Waals surface area (Å²) in [5.74, 6) is 3.05. The number of benzene rings is 1. The van der Waals surface area contributed by atoms with Crippen molar-refractivity contribution in [1.29, 1.82) is 0 Å². The van der Waals surface area contributed by atoms with E-state index in [1.807, 2.05) is 13.1 Å². The van der Waals surface area contributed by atoms with Crippen molar-refractivity contribution in [2.45, 2.75) is 37.3 Å². The fraction of sp³-hybridized carbons (Fsp3) is 0.375. The van der Waals surface area contributed by atoms with Crippen LogP contribution in [0.4, 0.5) is 5.82 Å². The molecule has 4 heteroatoms. The number of aromatic nitrogens is 2. The molecule has 0 aliphatic rings. The number of hydrogen-bond acceptors (Lipinski definition) is 4. The Balaban J connectivity index is 2.19. The second-order valence-electron chi connectivity index (χ2n) is 4.99. The summed E-state index contributed by atoms with van der Waals surface area (Å²) in [5.41, 5.74) is 2.28. The Hall–Kier alpha value is -1.55. The van der Waals surface area contributed by atoms with Gasteiger partial charge in [-0.3, -0.25) is 0 Å². The lowest BCUT2D eigenvalue weighted by Gasteiger charge is -2.15. The largest absolute Gasteiger partial charge is 0.373 e. The maximum Gasteiger partial charge on any atom is 0.141 e. The van der Waals surface area contributed by atoms with Crippen LogP contribution in [-0.4, -0.2) is 17.0 Å². The van der Waals surface area contributed by atoms with Crippen molar-refractivity contribution in [3.63, 3.8) is 0 Å². The maximum absolute atomic E-state index is 4.65. The van der Waals surface area contributed by atoms with Crippen LogP contribution >= 0.6 is 11.8 Å². The van der Waals surface area contributed by atoms with Crippen molar-refractivity contribution in [3.8, 4) is 0 Å². The molecule has 2 rings (SSSR count). The molecule has 0 saturated heterocycles. The lowest BCUT2D eigenvalue weighted by Crippen LogP contribution is -2.08. The van der Waals surface area contributed by atoms with Gasteiger partial charge in [0.05, 0.1) is 5.75 Å². The summed E-state index contributed by atoms with van der Waals surface area (Å²) in [6.45, 7) is 6.41. The van der Waals surface area contributed by atoms with Crippen molar-refractivity contribution in [3.05, 3.63) is 47.4 Å². The first-order chi connectivity index (χ1) is 9.61. The molecule has 0 aliphatic carbocycles. The highest BCUT2D eigenvalue weighted by Crippen LogP contribution is 2.27. The summed E-state index contributed by atoms with van der Waals surface area (Å²) in [6, 6.07) is 10.4. The Bertz CT molecular complexity index is 567. The molecule has 106 valence electrons. The minimum atomic E-state index is 0.424. The molecule has 3 nitrogen and oxygen atoms in total. The lowest BCUT2D eigenvalue weighted by atomic mass is 10.0. The van der Waals surface area contributed by atoms with E-state index in [9.17, 15) is 0 Å². The molecule has 0 bridgehead atoms. The summed E-state index contributed by atoms with van der Waals surface area (Å²) in [4.78, 5) is 10.5. The lowest BCUT2D eigenvalue weighted by molar-refractivity contribution is 0.821. The number of hydrogen-bond donors (Lipinski definition) is 1. The minimum Gasteiger partial charge on any atom is -0.373 e. The van der Waals surface area contributed by atoms with Crippen LogP contribution in [0.1, 0.15) is 36.8 Å². The fourth-order valence-corrected chi connectivity index (χ4v) is 3.02. The molecule has 0 unspecified atom stereocenters. The zero-order chi connectivity index (χ0) is 14.5. The van der Waals surface area contributed by atoms with E-state index in [0.717, 1.165) is 23.1 Å². The van der Waals surface area contributed by atoms with Crippen LogP contribution in [0.2, 0.25) is 0 Å². The predicted molar refractivity (Wildman–Crippen MR) is 86.4 cm³/mol. The van der Waals surface area contributed by atoms with Gasteiger partial charge in [-0.05, 0) is 25.0 Å². The first kappa shape index (κ1) is 14.9. The second kappa shape index (κ2) is 6.75. The second-order valence-corrected chi connectivity index (χ2v) is 6.04. The highest BCUT2D eigenvalue weighted by atomic mass is 32.2. The molecule has 2 aromatic rings. The van der Waals surface area contributed by atoms with Gasteiger partial charge in [0.15, 0.2) is 0 Å². The molecule has 0 amide bonds. The normalized spacial score (nSPS) is 10.8. The van der Waals surface area contributed by atoms with Gasteiger partial charge in [0, 0.05) is 23.2 Å². The van der Waals surface area contributed by atoms with Crippen LogP contribution in [0.3, 0.4) is 0 Å². The van der Waals surface area contributed by atoms with Crippen LogP contribution in [0.25, 0.3) is 0 Å². The summed E-state index contributed by atoms with van der Waals surface area (Å²) in [5, 5.41) is 3.20. The summed E-state index contributed by atoms with van der Waals surface area (Å²) < 4.78 is 0. The topological polar surface area (TPSA) is 37.8 Å². The van der Waals surface area contributed by atoms with Crippen molar-refractivity contribution < 1.29 is 0 Å². The van der Waals surface area contributed by atoms with E-state index in [1.54, 1.807) is 11.8 Å². The van der Waals surface area contributed by atoms with Gasteiger partial charge in [-0.15, -0.1) is 11.8 Å². The average molecular weight is 287 g/mol. The zero-order valence-electron chi connectivity index (χ0n) is 12.5. The third-order valence-corrected chi connectivity index (χ3v) is 4.12. The molecular weight excluding hydrogens is 266 g/mol. The molecular formula is C16H21N3S. The van der Waals surface area contributed by atoms with Crippen LogP contribution in [-0.2, 0) is 5.75 Å². The Morgan fingerprint density at radius 3 is 2.45 bits per heavy atom. The van der Waals surface area contributed by atoms with Gasteiger partial charge in [0.2, 0.25) is 0 Å². The van der Waals surface area contributed by atoms with Gasteiger partial charge < -0.3 is 5.32 Å². The quantitative estimate of drug-likeness (QED) is 0.835. The van der Waals surface area contributed by atoms with Crippen LogP contribution in [0, 0.1) is 6.92 Å². The maximum atomic E-state index is 4.65. The van der Waals surface area contributed by atoms with Gasteiger partial charge in [0.1, 0.15) is 11.6 Å². The minimum absolute atomic E-state index is 0.424. The van der Waals surface area contributed by atoms with Crippen molar-refractivity contribution in [1.82, 2.24) is 9.97 Å². The Kier molecular flexibility index (Phi) is 5.01. The van der Waals surface area contributed by atoms with E-state index >= 15 is 0 Å². The number of nitrogens with one attached hydrogen (secondary N) is 1. The number of thioether (sulfide) groups is 1. The van der Waals surface area contributed by atoms with Crippen LogP contribution < -0.4 is 5.32 Å². The fourth-order valence-electron chi connectivity index (χ4n) is 2.25. The smallest absolute Gasteiger partial charge is 0.141 e. The molecule has 1 aromatic heterocycles. The van der Waals surface area contributed by atoms with Crippen LogP contribution in [0.5, 0.6) is 0 Å². The van der Waals surface area contributed by atoms with E-state index in [1.165, 1.54) is 10.5 Å². The molecule has 20 heavy (non-hydrogen) atoms. The van der Waals surface area contributed by atoms with Gasteiger partial charge in [-0.25, -0.2) is 9.97 Å². The van der Waals surface area contributed by atoms with Crippen LogP contribution in [0.15, 0.2) is 35.2 Å². The molecule has 1 heterocycles. The first-order valence-corrected chi connectivity index (χ1v) is 7.83. The molecule has 0 radical (unpaired) electrons. The predicted octanol–water partition coefficient (Wildman–Crippen LogP) is 4.24. The third kappa shape index (κ3) is 3.51. The molecule has 0 spiro atoms. The van der Waals surface area contributed by atoms with Crippen molar-refractivity contribution in [2.24, 2.45) is 0 Å². The third-order valence-electron chi connectivity index (χ3n) is 3.11. The van der Waals surface area contributed by atoms with E-state index in [2.05, 4.69) is 60.3 Å². The molecule has 0 saturated carbocycles. The van der Waals surface area contributed by atoms with Gasteiger partial charge in [-0.1, -0.05) is 32.0 Å². The Labute approximate surface area is 125 Å². The zero-order valence-corrected chi connectivity index (χ0v) is 13.3. The molecule has 1 N–H and O–H groups in total. The average Bonchev–Trinajstić information content (AvgIpc) is 2.45. The Morgan fingerprint density at radius 2 is 1.85 bits per heavy atom. The van der Waals surface area contributed by atoms with Gasteiger partial charge in [0.25, 0.3) is 0 Å². The molecule has 0 fully saturated rings. The Morgan fingerprint density at radius 1 is 1.15 bits per heavy atom. The molecule has 1 aromatic carbocycles. The number of nitrogens with zero attached hydrogens (tertiary/aromatic N) is 2. The van der Waals surface area contributed by atoms with Crippen molar-refractivity contribution in [2.75, 3.05) is 12.4 Å².